The average molecular weight is 482 g/mol. The summed E-state index contributed by atoms with van der Waals surface area (Å²) in [7, 11) is 1.88. The lowest BCUT2D eigenvalue weighted by Gasteiger charge is -2.22. The van der Waals surface area contributed by atoms with E-state index in [-0.39, 0.29) is 17.7 Å². The monoisotopic (exact) mass is 481 g/mol. The highest BCUT2D eigenvalue weighted by Crippen LogP contribution is 2.41. The second kappa shape index (κ2) is 10.7. The number of carbonyl (C=O) groups is 2. The Morgan fingerprint density at radius 3 is 2.85 bits per heavy atom. The summed E-state index contributed by atoms with van der Waals surface area (Å²) in [6.07, 6.45) is 5.96. The van der Waals surface area contributed by atoms with Crippen LogP contribution < -0.4 is 16.4 Å². The number of rotatable bonds is 8. The van der Waals surface area contributed by atoms with E-state index in [4.69, 9.17) is 10.5 Å². The van der Waals surface area contributed by atoms with E-state index in [2.05, 4.69) is 22.5 Å². The van der Waals surface area contributed by atoms with Crippen molar-refractivity contribution in [1.29, 1.82) is 0 Å². The number of anilines is 2. The minimum Gasteiger partial charge on any atom is -0.449 e. The molecule has 0 bridgehead atoms. The summed E-state index contributed by atoms with van der Waals surface area (Å²) in [4.78, 5) is 30.1. The van der Waals surface area contributed by atoms with E-state index >= 15 is 0 Å². The number of thiophene rings is 1. The van der Waals surface area contributed by atoms with E-state index in [9.17, 15) is 9.59 Å². The largest absolute Gasteiger partial charge is 0.449 e. The maximum atomic E-state index is 12.6. The van der Waals surface area contributed by atoms with Crippen molar-refractivity contribution in [3.8, 4) is 0 Å². The summed E-state index contributed by atoms with van der Waals surface area (Å²) >= 11 is 1.54. The van der Waals surface area contributed by atoms with Crippen LogP contribution in [0.3, 0.4) is 0 Å². The van der Waals surface area contributed by atoms with Gasteiger partial charge in [-0.3, -0.25) is 4.79 Å². The summed E-state index contributed by atoms with van der Waals surface area (Å²) in [5.41, 5.74) is 9.31. The number of alkyl carbamates (subject to hydrolysis) is 1. The minimum atomic E-state index is -0.444. The average Bonchev–Trinajstić information content (AvgIpc) is 3.38. The van der Waals surface area contributed by atoms with Gasteiger partial charge in [0.2, 0.25) is 5.91 Å². The summed E-state index contributed by atoms with van der Waals surface area (Å²) in [6, 6.07) is 10.0. The molecular weight excluding hydrogens is 450 g/mol. The van der Waals surface area contributed by atoms with Gasteiger partial charge in [0.25, 0.3) is 0 Å². The van der Waals surface area contributed by atoms with Gasteiger partial charge in [-0.25, -0.2) is 9.78 Å². The van der Waals surface area contributed by atoms with Crippen molar-refractivity contribution in [3.05, 3.63) is 64.6 Å². The van der Waals surface area contributed by atoms with Gasteiger partial charge < -0.3 is 25.7 Å². The van der Waals surface area contributed by atoms with Crippen LogP contribution in [0.5, 0.6) is 0 Å². The van der Waals surface area contributed by atoms with Gasteiger partial charge in [-0.05, 0) is 42.2 Å². The number of ether oxygens (including phenoxy) is 1. The Kier molecular flexibility index (Phi) is 7.52. The van der Waals surface area contributed by atoms with Crippen molar-refractivity contribution in [1.82, 2.24) is 14.9 Å². The minimum absolute atomic E-state index is 0.0362. The van der Waals surface area contributed by atoms with Crippen LogP contribution >= 0.6 is 11.3 Å². The lowest BCUT2D eigenvalue weighted by molar-refractivity contribution is -0.116. The third-order valence-corrected chi connectivity index (χ3v) is 7.47. The van der Waals surface area contributed by atoms with Crippen LogP contribution in [0.15, 0.2) is 42.7 Å². The molecule has 3 aromatic rings. The third kappa shape index (κ3) is 5.77. The van der Waals surface area contributed by atoms with Crippen LogP contribution in [-0.4, -0.2) is 28.2 Å². The Balaban J connectivity index is 1.27. The maximum absolute atomic E-state index is 12.6. The summed E-state index contributed by atoms with van der Waals surface area (Å²) < 4.78 is 7.29. The smallest absolute Gasteiger partial charge is 0.407 e. The number of nitrogens with zero attached hydrogens (tertiary/aromatic N) is 2. The van der Waals surface area contributed by atoms with E-state index in [1.807, 2.05) is 48.1 Å². The fraction of sp³-hybridized carbons (Fsp3) is 0.400. The zero-order chi connectivity index (χ0) is 24.1. The SMILES string of the molecule is CC(CC(=O)Nc1sc2c(c1N)CCC(COC(=O)NCc1nccn1C)C2)c1ccccc1. The second-order valence-corrected chi connectivity index (χ2v) is 9.93. The molecule has 1 aliphatic rings. The number of hydrogen-bond acceptors (Lipinski definition) is 6. The first-order valence-corrected chi connectivity index (χ1v) is 12.3. The lowest BCUT2D eigenvalue weighted by atomic mass is 9.89. The van der Waals surface area contributed by atoms with Gasteiger partial charge in [-0.2, -0.15) is 0 Å². The zero-order valence-corrected chi connectivity index (χ0v) is 20.4. The molecule has 0 saturated carbocycles. The van der Waals surface area contributed by atoms with E-state index in [1.54, 1.807) is 6.20 Å². The van der Waals surface area contributed by atoms with Crippen LogP contribution in [0.4, 0.5) is 15.5 Å². The number of imidazole rings is 1. The first-order chi connectivity index (χ1) is 16.4. The molecule has 2 heterocycles. The number of hydrogen-bond donors (Lipinski definition) is 3. The molecule has 2 atom stereocenters. The van der Waals surface area contributed by atoms with Gasteiger partial charge in [0.1, 0.15) is 10.8 Å². The Morgan fingerprint density at radius 1 is 1.32 bits per heavy atom. The van der Waals surface area contributed by atoms with E-state index in [0.29, 0.717) is 25.3 Å². The predicted octanol–water partition coefficient (Wildman–Crippen LogP) is 4.23. The molecule has 180 valence electrons. The van der Waals surface area contributed by atoms with Crippen molar-refractivity contribution in [2.45, 2.75) is 45.1 Å². The Bertz CT molecular complexity index is 1140. The molecule has 1 aliphatic carbocycles. The summed E-state index contributed by atoms with van der Waals surface area (Å²) in [5, 5.41) is 6.48. The van der Waals surface area contributed by atoms with Gasteiger partial charge in [-0.15, -0.1) is 11.3 Å². The van der Waals surface area contributed by atoms with Gasteiger partial charge in [0.15, 0.2) is 0 Å². The van der Waals surface area contributed by atoms with Gasteiger partial charge in [0.05, 0.1) is 18.8 Å². The van der Waals surface area contributed by atoms with Crippen LogP contribution in [-0.2, 0) is 36.0 Å². The standard InChI is InChI=1S/C25H31N5O3S/c1-16(18-6-4-3-5-7-18)12-22(31)29-24-23(26)19-9-8-17(13-20(19)34-24)15-33-25(32)28-14-21-27-10-11-30(21)2/h3-7,10-11,16-17H,8-9,12-15,26H2,1-2H3,(H,28,32)(H,29,31). The highest BCUT2D eigenvalue weighted by molar-refractivity contribution is 7.17. The summed E-state index contributed by atoms with van der Waals surface area (Å²) in [5.74, 6) is 1.08. The van der Waals surface area contributed by atoms with Crippen LogP contribution in [0.1, 0.15) is 47.5 Å². The van der Waals surface area contributed by atoms with Gasteiger partial charge in [0, 0.05) is 30.7 Å². The van der Waals surface area contributed by atoms with Crippen LogP contribution in [0.25, 0.3) is 0 Å². The first kappa shape index (κ1) is 23.8. The number of nitrogens with two attached hydrogens (primary N) is 1. The van der Waals surface area contributed by atoms with Crippen molar-refractivity contribution >= 4 is 34.0 Å². The fourth-order valence-corrected chi connectivity index (χ4v) is 5.53. The molecule has 0 fully saturated rings. The van der Waals surface area contributed by atoms with Crippen molar-refractivity contribution in [2.75, 3.05) is 17.7 Å². The van der Waals surface area contributed by atoms with E-state index in [1.165, 1.54) is 11.3 Å². The van der Waals surface area contributed by atoms with Crippen molar-refractivity contribution < 1.29 is 14.3 Å². The molecule has 0 radical (unpaired) electrons. The van der Waals surface area contributed by atoms with Crippen molar-refractivity contribution in [2.24, 2.45) is 13.0 Å². The summed E-state index contributed by atoms with van der Waals surface area (Å²) in [6.45, 7) is 2.72. The molecule has 1 aromatic carbocycles. The Labute approximate surface area is 203 Å². The fourth-order valence-electron chi connectivity index (χ4n) is 4.23. The van der Waals surface area contributed by atoms with Gasteiger partial charge in [-0.1, -0.05) is 37.3 Å². The molecule has 8 nitrogen and oxygen atoms in total. The number of amides is 2. The molecule has 9 heteroatoms. The highest BCUT2D eigenvalue weighted by atomic mass is 32.1. The van der Waals surface area contributed by atoms with Crippen molar-refractivity contribution in [3.63, 3.8) is 0 Å². The molecule has 4 N–H and O–H groups in total. The van der Waals surface area contributed by atoms with Gasteiger partial charge >= 0.3 is 6.09 Å². The molecule has 0 spiro atoms. The molecule has 0 saturated heterocycles. The molecule has 4 rings (SSSR count). The highest BCUT2D eigenvalue weighted by Gasteiger charge is 2.26. The normalized spacial score (nSPS) is 15.9. The Morgan fingerprint density at radius 2 is 2.12 bits per heavy atom. The maximum Gasteiger partial charge on any atom is 0.407 e. The van der Waals surface area contributed by atoms with Crippen LogP contribution in [0.2, 0.25) is 0 Å². The zero-order valence-electron chi connectivity index (χ0n) is 19.5. The Hall–Kier alpha value is -3.33. The molecule has 2 aromatic heterocycles. The third-order valence-electron chi connectivity index (χ3n) is 6.28. The topological polar surface area (TPSA) is 111 Å². The molecule has 2 unspecified atom stereocenters. The van der Waals surface area contributed by atoms with Crippen LogP contribution in [0, 0.1) is 5.92 Å². The van der Waals surface area contributed by atoms with E-state index < -0.39 is 6.09 Å². The number of nitrogen functional groups attached to an aromatic ring is 1. The number of benzene rings is 1. The quantitative estimate of drug-likeness (QED) is 0.446. The predicted molar refractivity (Wildman–Crippen MR) is 134 cm³/mol. The molecular formula is C25H31N5O3S. The molecule has 0 aliphatic heterocycles. The number of fused-ring (bicyclic) bond motifs is 1. The molecule has 2 amide bonds. The number of carbonyl (C=O) groups excluding carboxylic acids is 2. The number of aryl methyl sites for hydroxylation is 1. The first-order valence-electron chi connectivity index (χ1n) is 11.5. The molecule has 34 heavy (non-hydrogen) atoms. The number of aromatic nitrogens is 2. The lowest BCUT2D eigenvalue weighted by Crippen LogP contribution is -2.28. The van der Waals surface area contributed by atoms with E-state index in [0.717, 1.165) is 46.1 Å². The second-order valence-electron chi connectivity index (χ2n) is 8.83. The number of nitrogens with one attached hydrogen (secondary N) is 2.